The van der Waals surface area contributed by atoms with Gasteiger partial charge in [-0.1, -0.05) is 0 Å². The molecule has 0 saturated carbocycles. The molecule has 4 rings (SSSR count). The molecule has 0 bridgehead atoms. The number of carbonyl (C=O) groups is 1. The summed E-state index contributed by atoms with van der Waals surface area (Å²) in [5.74, 6) is -3.56. The fourth-order valence-corrected chi connectivity index (χ4v) is 3.95. The zero-order valence-corrected chi connectivity index (χ0v) is 17.2. The smallest absolute Gasteiger partial charge is 0.264 e. The summed E-state index contributed by atoms with van der Waals surface area (Å²) < 4.78 is 42.5. The molecule has 2 aromatic heterocycles. The number of piperidine rings is 1. The van der Waals surface area contributed by atoms with Gasteiger partial charge in [-0.25, -0.2) is 13.2 Å². The minimum absolute atomic E-state index is 0.155. The first-order valence-corrected chi connectivity index (χ1v) is 10.2. The summed E-state index contributed by atoms with van der Waals surface area (Å²) >= 11 is 0. The molecule has 1 fully saturated rings. The molecule has 1 saturated heterocycles. The van der Waals surface area contributed by atoms with Gasteiger partial charge in [-0.2, -0.15) is 10.4 Å². The number of carbonyl (C=O) groups excluding carboxylic acids is 1. The van der Waals surface area contributed by atoms with Gasteiger partial charge in [-0.05, 0) is 29.8 Å². The highest BCUT2D eigenvalue weighted by atomic mass is 19.3. The van der Waals surface area contributed by atoms with Crippen molar-refractivity contribution in [2.75, 3.05) is 19.6 Å². The van der Waals surface area contributed by atoms with E-state index in [1.165, 1.54) is 30.6 Å². The molecule has 3 heterocycles. The molecule has 0 aliphatic carbocycles. The highest BCUT2D eigenvalue weighted by molar-refractivity contribution is 5.96. The van der Waals surface area contributed by atoms with Crippen LogP contribution in [0.25, 0.3) is 10.9 Å². The van der Waals surface area contributed by atoms with E-state index in [0.29, 0.717) is 42.8 Å². The molecule has 3 aromatic rings. The van der Waals surface area contributed by atoms with Gasteiger partial charge >= 0.3 is 0 Å². The Morgan fingerprint density at radius 3 is 2.75 bits per heavy atom. The van der Waals surface area contributed by atoms with Crippen LogP contribution >= 0.6 is 0 Å². The summed E-state index contributed by atoms with van der Waals surface area (Å²) in [5, 5.41) is 16.1. The minimum Gasteiger partial charge on any atom is -0.301 e. The number of hydrogen-bond donors (Lipinski definition) is 1. The van der Waals surface area contributed by atoms with Gasteiger partial charge in [-0.3, -0.25) is 19.8 Å². The molecule has 10 heteroatoms. The van der Waals surface area contributed by atoms with Crippen molar-refractivity contribution in [1.29, 1.82) is 5.26 Å². The summed E-state index contributed by atoms with van der Waals surface area (Å²) in [6, 6.07) is 5.88. The Hall–Kier alpha value is -3.45. The number of amides is 1. The van der Waals surface area contributed by atoms with Crippen molar-refractivity contribution in [2.45, 2.75) is 31.7 Å². The van der Waals surface area contributed by atoms with Gasteiger partial charge in [0.2, 0.25) is 0 Å². The van der Waals surface area contributed by atoms with E-state index in [1.54, 1.807) is 16.9 Å². The van der Waals surface area contributed by atoms with Crippen LogP contribution in [-0.4, -0.2) is 51.1 Å². The second-order valence-corrected chi connectivity index (χ2v) is 7.80. The lowest BCUT2D eigenvalue weighted by atomic mass is 10.0. The predicted octanol–water partition coefficient (Wildman–Crippen LogP) is 3.10. The fourth-order valence-electron chi connectivity index (χ4n) is 3.95. The lowest BCUT2D eigenvalue weighted by Crippen LogP contribution is -2.40. The summed E-state index contributed by atoms with van der Waals surface area (Å²) in [5.41, 5.74) is 2.11. The first-order valence-electron chi connectivity index (χ1n) is 10.2. The van der Waals surface area contributed by atoms with Gasteiger partial charge in [0.05, 0.1) is 17.8 Å². The molecule has 0 atom stereocenters. The Morgan fingerprint density at radius 1 is 1.22 bits per heavy atom. The van der Waals surface area contributed by atoms with Crippen molar-refractivity contribution < 1.29 is 18.0 Å². The third kappa shape index (κ3) is 4.73. The highest BCUT2D eigenvalue weighted by Gasteiger charge is 2.33. The zero-order valence-electron chi connectivity index (χ0n) is 17.2. The van der Waals surface area contributed by atoms with Crippen LogP contribution in [0.5, 0.6) is 0 Å². The number of nitrogens with zero attached hydrogens (tertiary/aromatic N) is 5. The lowest BCUT2D eigenvalue weighted by molar-refractivity contribution is -0.0555. The van der Waals surface area contributed by atoms with Crippen LogP contribution in [0, 0.1) is 17.3 Å². The average Bonchev–Trinajstić information content (AvgIpc) is 3.10. The number of pyridine rings is 1. The Kier molecular flexibility index (Phi) is 6.10. The molecule has 1 amide bonds. The number of nitrogens with one attached hydrogen (secondary N) is 1. The average molecular weight is 442 g/mol. The molecule has 0 radical (unpaired) electrons. The number of alkyl halides is 2. The van der Waals surface area contributed by atoms with Crippen molar-refractivity contribution in [2.24, 2.45) is 0 Å². The van der Waals surface area contributed by atoms with Crippen molar-refractivity contribution >= 4 is 16.8 Å². The largest absolute Gasteiger partial charge is 0.301 e. The monoisotopic (exact) mass is 442 g/mol. The van der Waals surface area contributed by atoms with E-state index in [0.717, 1.165) is 5.52 Å². The van der Waals surface area contributed by atoms with Crippen LogP contribution in [0.3, 0.4) is 0 Å². The number of benzene rings is 1. The van der Waals surface area contributed by atoms with Gasteiger partial charge in [-0.15, -0.1) is 0 Å². The van der Waals surface area contributed by atoms with E-state index in [-0.39, 0.29) is 24.8 Å². The molecular weight excluding hydrogens is 421 g/mol. The maximum absolute atomic E-state index is 14.0. The number of fused-ring (bicyclic) bond motifs is 1. The third-order valence-electron chi connectivity index (χ3n) is 5.68. The SMILES string of the molecule is N#CNC(=O)c1ccncc1Cc1nn(CCN2CCC(F)(F)CC2)c2ccc(F)cc12. The molecule has 166 valence electrons. The van der Waals surface area contributed by atoms with E-state index in [4.69, 9.17) is 5.26 Å². The molecule has 0 spiro atoms. The fraction of sp³-hybridized carbons (Fsp3) is 0.364. The molecule has 1 aromatic carbocycles. The van der Waals surface area contributed by atoms with E-state index in [2.05, 4.69) is 15.4 Å². The number of rotatable bonds is 6. The van der Waals surface area contributed by atoms with Gasteiger partial charge in [0.1, 0.15) is 5.82 Å². The first-order chi connectivity index (χ1) is 15.4. The summed E-state index contributed by atoms with van der Waals surface area (Å²) in [6.07, 6.45) is 4.48. The Bertz CT molecular complexity index is 1180. The number of halogens is 3. The predicted molar refractivity (Wildman–Crippen MR) is 110 cm³/mol. The second kappa shape index (κ2) is 8.96. The Morgan fingerprint density at radius 2 is 2.00 bits per heavy atom. The van der Waals surface area contributed by atoms with Crippen LogP contribution in [0.15, 0.2) is 36.7 Å². The highest BCUT2D eigenvalue weighted by Crippen LogP contribution is 2.28. The summed E-state index contributed by atoms with van der Waals surface area (Å²) in [4.78, 5) is 18.2. The minimum atomic E-state index is -2.60. The standard InChI is InChI=1S/C22H21F3N6O/c23-16-1-2-20-18(12-16)19(11-15-13-27-6-3-17(15)21(32)28-14-26)29-31(20)10-9-30-7-4-22(24,25)5-8-30/h1-3,6,12-13H,4-5,7-11H2,(H,28,32). The van der Waals surface area contributed by atoms with Gasteiger partial charge < -0.3 is 4.90 Å². The second-order valence-electron chi connectivity index (χ2n) is 7.80. The number of hydrogen-bond acceptors (Lipinski definition) is 5. The van der Waals surface area contributed by atoms with Crippen molar-refractivity contribution in [3.05, 3.63) is 59.3 Å². The topological polar surface area (TPSA) is 86.8 Å². The van der Waals surface area contributed by atoms with E-state index in [9.17, 15) is 18.0 Å². The first kappa shape index (κ1) is 21.8. The van der Waals surface area contributed by atoms with E-state index in [1.807, 2.05) is 4.90 Å². The summed E-state index contributed by atoms with van der Waals surface area (Å²) in [7, 11) is 0. The van der Waals surface area contributed by atoms with Crippen molar-refractivity contribution in [3.8, 4) is 6.19 Å². The third-order valence-corrected chi connectivity index (χ3v) is 5.68. The van der Waals surface area contributed by atoms with Crippen LogP contribution in [-0.2, 0) is 13.0 Å². The summed E-state index contributed by atoms with van der Waals surface area (Å²) in [6.45, 7) is 1.65. The van der Waals surface area contributed by atoms with Crippen LogP contribution in [0.2, 0.25) is 0 Å². The van der Waals surface area contributed by atoms with Crippen LogP contribution in [0.4, 0.5) is 13.2 Å². The van der Waals surface area contributed by atoms with E-state index < -0.39 is 17.6 Å². The molecule has 7 nitrogen and oxygen atoms in total. The number of aromatic nitrogens is 3. The van der Waals surface area contributed by atoms with E-state index >= 15 is 0 Å². The van der Waals surface area contributed by atoms with Crippen LogP contribution in [0.1, 0.15) is 34.5 Å². The Balaban J connectivity index is 1.59. The molecule has 1 aliphatic rings. The molecule has 1 N–H and O–H groups in total. The van der Waals surface area contributed by atoms with Gasteiger partial charge in [0.15, 0.2) is 6.19 Å². The van der Waals surface area contributed by atoms with Crippen molar-refractivity contribution in [3.63, 3.8) is 0 Å². The zero-order chi connectivity index (χ0) is 22.7. The Labute approximate surface area is 182 Å². The maximum Gasteiger partial charge on any atom is 0.264 e. The lowest BCUT2D eigenvalue weighted by Gasteiger charge is -2.31. The number of nitriles is 1. The molecular formula is C22H21F3N6O. The normalized spacial score (nSPS) is 16.1. The number of likely N-dealkylation sites (tertiary alicyclic amines) is 1. The van der Waals surface area contributed by atoms with Gasteiger partial charge in [0.25, 0.3) is 11.8 Å². The van der Waals surface area contributed by atoms with Crippen molar-refractivity contribution in [1.82, 2.24) is 25.0 Å². The quantitative estimate of drug-likeness (QED) is 0.468. The van der Waals surface area contributed by atoms with Crippen LogP contribution < -0.4 is 5.32 Å². The van der Waals surface area contributed by atoms with Gasteiger partial charge in [0, 0.05) is 62.2 Å². The molecule has 1 aliphatic heterocycles. The molecule has 0 unspecified atom stereocenters. The molecule has 32 heavy (non-hydrogen) atoms. The maximum atomic E-state index is 14.0.